The number of likely N-dealkylation sites (tertiary alicyclic amines) is 1. The van der Waals surface area contributed by atoms with E-state index in [4.69, 9.17) is 23.2 Å². The van der Waals surface area contributed by atoms with E-state index in [0.29, 0.717) is 31.0 Å². The van der Waals surface area contributed by atoms with Crippen LogP contribution in [0.4, 0.5) is 0 Å². The van der Waals surface area contributed by atoms with Crippen molar-refractivity contribution >= 4 is 39.1 Å². The fourth-order valence-corrected chi connectivity index (χ4v) is 6.70. The summed E-state index contributed by atoms with van der Waals surface area (Å²) in [4.78, 5) is 15.1. The Bertz CT molecular complexity index is 823. The highest BCUT2D eigenvalue weighted by molar-refractivity contribution is 7.89. The highest BCUT2D eigenvalue weighted by Crippen LogP contribution is 2.31. The van der Waals surface area contributed by atoms with Gasteiger partial charge < -0.3 is 4.90 Å². The third-order valence-corrected chi connectivity index (χ3v) is 8.79. The van der Waals surface area contributed by atoms with Crippen molar-refractivity contribution < 1.29 is 13.2 Å². The summed E-state index contributed by atoms with van der Waals surface area (Å²) >= 11 is 12.1. The van der Waals surface area contributed by atoms with Crippen molar-refractivity contribution in [2.24, 2.45) is 11.8 Å². The lowest BCUT2D eigenvalue weighted by Crippen LogP contribution is -2.44. The van der Waals surface area contributed by atoms with Crippen LogP contribution in [-0.4, -0.2) is 49.7 Å². The topological polar surface area (TPSA) is 57.7 Å². The predicted molar refractivity (Wildman–Crippen MR) is 117 cm³/mol. The number of piperidine rings is 1. The Hall–Kier alpha value is -0.820. The summed E-state index contributed by atoms with van der Waals surface area (Å²) in [5.41, 5.74) is 0. The summed E-state index contributed by atoms with van der Waals surface area (Å²) in [6, 6.07) is 4.46. The molecule has 0 radical (unpaired) electrons. The molecule has 2 heterocycles. The van der Waals surface area contributed by atoms with Crippen LogP contribution in [0.1, 0.15) is 51.9 Å². The van der Waals surface area contributed by atoms with Gasteiger partial charge >= 0.3 is 0 Å². The second-order valence-corrected chi connectivity index (χ2v) is 10.9. The molecule has 2 aliphatic rings. The van der Waals surface area contributed by atoms with Crippen molar-refractivity contribution in [2.45, 2.75) is 56.8 Å². The molecule has 29 heavy (non-hydrogen) atoms. The van der Waals surface area contributed by atoms with Crippen LogP contribution < -0.4 is 0 Å². The van der Waals surface area contributed by atoms with Crippen molar-refractivity contribution in [3.8, 4) is 0 Å². The summed E-state index contributed by atoms with van der Waals surface area (Å²) in [6.45, 7) is 4.53. The number of nitrogens with zero attached hydrogens (tertiary/aromatic N) is 2. The van der Waals surface area contributed by atoms with Gasteiger partial charge in [-0.25, -0.2) is 8.42 Å². The van der Waals surface area contributed by atoms with Gasteiger partial charge in [0.25, 0.3) is 0 Å². The van der Waals surface area contributed by atoms with E-state index in [9.17, 15) is 13.2 Å². The van der Waals surface area contributed by atoms with Gasteiger partial charge in [-0.2, -0.15) is 4.31 Å². The van der Waals surface area contributed by atoms with E-state index in [1.54, 1.807) is 6.07 Å². The third-order valence-electron chi connectivity index (χ3n) is 6.17. The Morgan fingerprint density at radius 1 is 1.07 bits per heavy atom. The average molecular weight is 461 g/mol. The van der Waals surface area contributed by atoms with Crippen molar-refractivity contribution in [3.63, 3.8) is 0 Å². The highest BCUT2D eigenvalue weighted by Gasteiger charge is 2.35. The Morgan fingerprint density at radius 2 is 1.79 bits per heavy atom. The maximum Gasteiger partial charge on any atom is 0.244 e. The van der Waals surface area contributed by atoms with Crippen LogP contribution in [0.2, 0.25) is 10.0 Å². The van der Waals surface area contributed by atoms with Crippen LogP contribution in [0, 0.1) is 11.8 Å². The first kappa shape index (κ1) is 22.9. The molecule has 5 nitrogen and oxygen atoms in total. The maximum atomic E-state index is 13.0. The summed E-state index contributed by atoms with van der Waals surface area (Å²) in [7, 11) is -3.72. The zero-order valence-corrected chi connectivity index (χ0v) is 19.3. The van der Waals surface area contributed by atoms with Gasteiger partial charge in [-0.15, -0.1) is 0 Å². The van der Waals surface area contributed by atoms with Crippen LogP contribution in [0.3, 0.4) is 0 Å². The molecule has 8 heteroatoms. The molecule has 1 amide bonds. The SMILES string of the molecule is CCCC1CCCN(C(=O)C2CCN(S(=O)(=O)c3cc(Cl)ccc3Cl)CC2)CC1. The van der Waals surface area contributed by atoms with Gasteiger partial charge in [0.1, 0.15) is 4.90 Å². The van der Waals surface area contributed by atoms with E-state index in [1.165, 1.54) is 35.7 Å². The number of benzene rings is 1. The molecule has 0 N–H and O–H groups in total. The van der Waals surface area contributed by atoms with Gasteiger partial charge in [-0.3, -0.25) is 4.79 Å². The fourth-order valence-electron chi connectivity index (χ4n) is 4.50. The summed E-state index contributed by atoms with van der Waals surface area (Å²) in [6.07, 6.45) is 6.88. The Kier molecular flexibility index (Phi) is 7.87. The number of hydrogen-bond donors (Lipinski definition) is 0. The number of amides is 1. The number of halogens is 2. The van der Waals surface area contributed by atoms with Gasteiger partial charge in [0, 0.05) is 37.1 Å². The van der Waals surface area contributed by atoms with Crippen molar-refractivity contribution in [3.05, 3.63) is 28.2 Å². The van der Waals surface area contributed by atoms with Crippen LogP contribution in [0.5, 0.6) is 0 Å². The first-order valence-electron chi connectivity index (χ1n) is 10.6. The summed E-state index contributed by atoms with van der Waals surface area (Å²) < 4.78 is 27.4. The summed E-state index contributed by atoms with van der Waals surface area (Å²) in [5.74, 6) is 0.825. The van der Waals surface area contributed by atoms with E-state index in [-0.39, 0.29) is 21.7 Å². The minimum atomic E-state index is -3.72. The zero-order valence-electron chi connectivity index (χ0n) is 16.9. The molecule has 1 aromatic rings. The van der Waals surface area contributed by atoms with Crippen LogP contribution in [0.25, 0.3) is 0 Å². The second-order valence-electron chi connectivity index (χ2n) is 8.16. The molecular weight excluding hydrogens is 431 g/mol. The Morgan fingerprint density at radius 3 is 2.48 bits per heavy atom. The largest absolute Gasteiger partial charge is 0.342 e. The molecule has 2 saturated heterocycles. The highest BCUT2D eigenvalue weighted by atomic mass is 35.5. The molecule has 2 fully saturated rings. The second kappa shape index (κ2) is 9.99. The standard InChI is InChI=1S/C21H30Cl2N2O3S/c1-2-4-16-5-3-11-24(12-8-16)21(26)17-9-13-25(14-10-17)29(27,28)20-15-18(22)6-7-19(20)23/h6-7,15-17H,2-5,8-14H2,1H3. The smallest absolute Gasteiger partial charge is 0.244 e. The van der Waals surface area contributed by atoms with Gasteiger partial charge in [-0.1, -0.05) is 43.0 Å². The summed E-state index contributed by atoms with van der Waals surface area (Å²) in [5, 5.41) is 0.499. The number of carbonyl (C=O) groups is 1. The first-order valence-corrected chi connectivity index (χ1v) is 12.8. The van der Waals surface area contributed by atoms with Crippen molar-refractivity contribution in [1.29, 1.82) is 0 Å². The molecule has 3 rings (SSSR count). The van der Waals surface area contributed by atoms with Gasteiger partial charge in [0.2, 0.25) is 15.9 Å². The maximum absolute atomic E-state index is 13.0. The van der Waals surface area contributed by atoms with E-state index in [1.807, 2.05) is 4.90 Å². The number of sulfonamides is 1. The normalized spacial score (nSPS) is 22.4. The van der Waals surface area contributed by atoms with E-state index in [2.05, 4.69) is 6.92 Å². The van der Waals surface area contributed by atoms with Gasteiger partial charge in [0.05, 0.1) is 5.02 Å². The molecular formula is C21H30Cl2N2O3S. The number of rotatable bonds is 5. The minimum absolute atomic E-state index is 0.0333. The third kappa shape index (κ3) is 5.46. The average Bonchev–Trinajstić information content (AvgIpc) is 2.95. The van der Waals surface area contributed by atoms with Gasteiger partial charge in [-0.05, 0) is 56.2 Å². The number of hydrogen-bond acceptors (Lipinski definition) is 3. The molecule has 1 atom stereocenters. The zero-order chi connectivity index (χ0) is 21.0. The number of carbonyl (C=O) groups excluding carboxylic acids is 1. The molecule has 162 valence electrons. The molecule has 0 bridgehead atoms. The van der Waals surface area contributed by atoms with Crippen LogP contribution in [0.15, 0.2) is 23.1 Å². The fraction of sp³-hybridized carbons (Fsp3) is 0.667. The minimum Gasteiger partial charge on any atom is -0.342 e. The predicted octanol–water partition coefficient (Wildman–Crippen LogP) is 4.82. The van der Waals surface area contributed by atoms with Gasteiger partial charge in [0.15, 0.2) is 0 Å². The van der Waals surface area contributed by atoms with E-state index < -0.39 is 10.0 Å². The quantitative estimate of drug-likeness (QED) is 0.632. The molecule has 2 aliphatic heterocycles. The first-order chi connectivity index (χ1) is 13.8. The Labute approximate surface area is 184 Å². The molecule has 1 unspecified atom stereocenters. The molecule has 0 aliphatic carbocycles. The van der Waals surface area contributed by atoms with Crippen molar-refractivity contribution in [2.75, 3.05) is 26.2 Å². The van der Waals surface area contributed by atoms with E-state index >= 15 is 0 Å². The lowest BCUT2D eigenvalue weighted by molar-refractivity contribution is -0.136. The molecule has 1 aromatic carbocycles. The van der Waals surface area contributed by atoms with Crippen molar-refractivity contribution in [1.82, 2.24) is 9.21 Å². The molecule has 0 spiro atoms. The molecule has 0 saturated carbocycles. The lowest BCUT2D eigenvalue weighted by Gasteiger charge is -2.33. The van der Waals surface area contributed by atoms with Crippen LogP contribution >= 0.6 is 23.2 Å². The lowest BCUT2D eigenvalue weighted by atomic mass is 9.95. The van der Waals surface area contributed by atoms with E-state index in [0.717, 1.165) is 31.8 Å². The molecule has 0 aromatic heterocycles. The van der Waals surface area contributed by atoms with Crippen LogP contribution in [-0.2, 0) is 14.8 Å². The Balaban J connectivity index is 1.60. The monoisotopic (exact) mass is 460 g/mol.